The standard InChI is InChI=1S/C25H25N3S2/c1-24(2)11-12-25(3,4)20-13-18(9-10-19(20)24)21-14-29-23(26-21)17-7-5-16(6-8-17)22-15-30-28-27-22/h5-10,13-15H,11-12H2,1-4H3. The molecular weight excluding hydrogens is 406 g/mol. The molecule has 5 rings (SSSR count). The van der Waals surface area contributed by atoms with Crippen LogP contribution in [0.4, 0.5) is 0 Å². The lowest BCUT2D eigenvalue weighted by Crippen LogP contribution is -2.33. The Balaban J connectivity index is 1.47. The Bertz CT molecular complexity index is 1190. The van der Waals surface area contributed by atoms with Crippen molar-refractivity contribution in [2.24, 2.45) is 0 Å². The van der Waals surface area contributed by atoms with Crippen molar-refractivity contribution in [1.29, 1.82) is 0 Å². The molecule has 152 valence electrons. The first kappa shape index (κ1) is 19.6. The molecule has 30 heavy (non-hydrogen) atoms. The SMILES string of the molecule is CC1(C)CCC(C)(C)c2cc(-c3csc(-c4ccc(-c5csnn5)cc4)n3)ccc21. The molecule has 0 aliphatic heterocycles. The van der Waals surface area contributed by atoms with E-state index in [-0.39, 0.29) is 10.8 Å². The van der Waals surface area contributed by atoms with E-state index in [0.29, 0.717) is 0 Å². The molecule has 1 aliphatic carbocycles. The average Bonchev–Trinajstić information content (AvgIpc) is 3.44. The van der Waals surface area contributed by atoms with Gasteiger partial charge >= 0.3 is 0 Å². The van der Waals surface area contributed by atoms with E-state index in [4.69, 9.17) is 4.98 Å². The third-order valence-electron chi connectivity index (χ3n) is 6.44. The molecule has 0 bridgehead atoms. The zero-order valence-corrected chi connectivity index (χ0v) is 19.4. The van der Waals surface area contributed by atoms with Crippen LogP contribution in [-0.4, -0.2) is 14.6 Å². The van der Waals surface area contributed by atoms with Crippen LogP contribution in [0.25, 0.3) is 33.1 Å². The van der Waals surface area contributed by atoms with Gasteiger partial charge in [0.1, 0.15) is 10.7 Å². The molecule has 3 nitrogen and oxygen atoms in total. The summed E-state index contributed by atoms with van der Waals surface area (Å²) in [5.41, 5.74) is 8.84. The van der Waals surface area contributed by atoms with Gasteiger partial charge in [0.15, 0.2) is 0 Å². The van der Waals surface area contributed by atoms with Crippen molar-refractivity contribution in [3.05, 3.63) is 64.4 Å². The summed E-state index contributed by atoms with van der Waals surface area (Å²) in [6.45, 7) is 9.48. The highest BCUT2D eigenvalue weighted by atomic mass is 32.1. The summed E-state index contributed by atoms with van der Waals surface area (Å²) < 4.78 is 3.95. The van der Waals surface area contributed by atoms with Gasteiger partial charge in [-0.05, 0) is 52.4 Å². The fourth-order valence-electron chi connectivity index (χ4n) is 4.36. The molecule has 0 N–H and O–H groups in total. The number of nitrogens with zero attached hydrogens (tertiary/aromatic N) is 3. The van der Waals surface area contributed by atoms with E-state index in [0.717, 1.165) is 27.5 Å². The van der Waals surface area contributed by atoms with E-state index in [1.807, 2.05) is 5.38 Å². The fraction of sp³-hybridized carbons (Fsp3) is 0.320. The molecule has 0 amide bonds. The quantitative estimate of drug-likeness (QED) is 0.340. The van der Waals surface area contributed by atoms with Gasteiger partial charge in [0.25, 0.3) is 0 Å². The first-order valence-electron chi connectivity index (χ1n) is 10.3. The molecular formula is C25H25N3S2. The van der Waals surface area contributed by atoms with Crippen molar-refractivity contribution in [3.8, 4) is 33.1 Å². The van der Waals surface area contributed by atoms with Gasteiger partial charge in [0.2, 0.25) is 0 Å². The summed E-state index contributed by atoms with van der Waals surface area (Å²) in [4.78, 5) is 4.97. The number of hydrogen-bond acceptors (Lipinski definition) is 5. The minimum atomic E-state index is 0.208. The normalized spacial score (nSPS) is 16.9. The zero-order chi connectivity index (χ0) is 20.9. The number of benzene rings is 2. The zero-order valence-electron chi connectivity index (χ0n) is 17.8. The predicted octanol–water partition coefficient (Wildman–Crippen LogP) is 7.34. The molecule has 2 heterocycles. The maximum absolute atomic E-state index is 4.97. The molecule has 0 fully saturated rings. The second kappa shape index (κ2) is 7.10. The van der Waals surface area contributed by atoms with Crippen LogP contribution in [0.15, 0.2) is 53.2 Å². The number of thiazole rings is 1. The van der Waals surface area contributed by atoms with Gasteiger partial charge in [-0.1, -0.05) is 68.6 Å². The van der Waals surface area contributed by atoms with E-state index >= 15 is 0 Å². The molecule has 2 aromatic carbocycles. The maximum Gasteiger partial charge on any atom is 0.124 e. The Hall–Kier alpha value is -2.37. The van der Waals surface area contributed by atoms with Crippen LogP contribution in [0.2, 0.25) is 0 Å². The highest BCUT2D eigenvalue weighted by molar-refractivity contribution is 7.13. The summed E-state index contributed by atoms with van der Waals surface area (Å²) in [7, 11) is 0. The Kier molecular flexibility index (Phi) is 4.64. The van der Waals surface area contributed by atoms with Crippen molar-refractivity contribution < 1.29 is 0 Å². The lowest BCUT2D eigenvalue weighted by Gasteiger charge is -2.42. The highest BCUT2D eigenvalue weighted by Gasteiger charge is 2.37. The number of fused-ring (bicyclic) bond motifs is 1. The number of hydrogen-bond donors (Lipinski definition) is 0. The molecule has 0 unspecified atom stereocenters. The molecule has 0 radical (unpaired) electrons. The van der Waals surface area contributed by atoms with E-state index in [9.17, 15) is 0 Å². The highest BCUT2D eigenvalue weighted by Crippen LogP contribution is 2.47. The van der Waals surface area contributed by atoms with Gasteiger partial charge in [-0.3, -0.25) is 0 Å². The van der Waals surface area contributed by atoms with Crippen molar-refractivity contribution in [3.63, 3.8) is 0 Å². The third kappa shape index (κ3) is 3.40. The molecule has 5 heteroatoms. The molecule has 0 saturated carbocycles. The van der Waals surface area contributed by atoms with Crippen molar-refractivity contribution >= 4 is 22.9 Å². The van der Waals surface area contributed by atoms with E-state index in [1.165, 1.54) is 41.1 Å². The molecule has 1 aliphatic rings. The number of rotatable bonds is 3. The summed E-state index contributed by atoms with van der Waals surface area (Å²) in [6, 6.07) is 15.4. The average molecular weight is 432 g/mol. The summed E-state index contributed by atoms with van der Waals surface area (Å²) in [6.07, 6.45) is 2.46. The first-order valence-corrected chi connectivity index (χ1v) is 12.0. The largest absolute Gasteiger partial charge is 0.236 e. The Morgan fingerprint density at radius 2 is 1.40 bits per heavy atom. The molecule has 0 atom stereocenters. The van der Waals surface area contributed by atoms with Crippen LogP contribution in [0.3, 0.4) is 0 Å². The summed E-state index contributed by atoms with van der Waals surface area (Å²) in [5, 5.41) is 9.34. The van der Waals surface area contributed by atoms with Gasteiger partial charge in [-0.2, -0.15) is 0 Å². The lowest BCUT2D eigenvalue weighted by molar-refractivity contribution is 0.332. The van der Waals surface area contributed by atoms with Crippen molar-refractivity contribution in [1.82, 2.24) is 14.6 Å². The fourth-order valence-corrected chi connectivity index (χ4v) is 5.66. The van der Waals surface area contributed by atoms with Gasteiger partial charge in [0, 0.05) is 27.5 Å². The van der Waals surface area contributed by atoms with Crippen LogP contribution in [0, 0.1) is 0 Å². The van der Waals surface area contributed by atoms with Gasteiger partial charge in [0.05, 0.1) is 5.69 Å². The minimum absolute atomic E-state index is 0.208. The van der Waals surface area contributed by atoms with E-state index in [2.05, 4.69) is 85.1 Å². The summed E-state index contributed by atoms with van der Waals surface area (Å²) in [5.74, 6) is 0. The minimum Gasteiger partial charge on any atom is -0.236 e. The lowest BCUT2D eigenvalue weighted by atomic mass is 9.63. The predicted molar refractivity (Wildman–Crippen MR) is 127 cm³/mol. The van der Waals surface area contributed by atoms with Gasteiger partial charge in [-0.25, -0.2) is 4.98 Å². The topological polar surface area (TPSA) is 38.7 Å². The van der Waals surface area contributed by atoms with Crippen LogP contribution < -0.4 is 0 Å². The summed E-state index contributed by atoms with van der Waals surface area (Å²) >= 11 is 3.07. The van der Waals surface area contributed by atoms with Crippen LogP contribution in [-0.2, 0) is 10.8 Å². The van der Waals surface area contributed by atoms with E-state index in [1.54, 1.807) is 11.3 Å². The Morgan fingerprint density at radius 1 is 0.733 bits per heavy atom. The maximum atomic E-state index is 4.97. The van der Waals surface area contributed by atoms with Crippen molar-refractivity contribution in [2.45, 2.75) is 51.4 Å². The number of aromatic nitrogens is 3. The monoisotopic (exact) mass is 431 g/mol. The van der Waals surface area contributed by atoms with Gasteiger partial charge < -0.3 is 0 Å². The Labute approximate surface area is 186 Å². The third-order valence-corrected chi connectivity index (χ3v) is 7.84. The smallest absolute Gasteiger partial charge is 0.124 e. The van der Waals surface area contributed by atoms with E-state index < -0.39 is 0 Å². The Morgan fingerprint density at radius 3 is 2.10 bits per heavy atom. The van der Waals surface area contributed by atoms with Crippen LogP contribution in [0.5, 0.6) is 0 Å². The first-order chi connectivity index (χ1) is 14.3. The molecule has 4 aromatic rings. The molecule has 0 spiro atoms. The van der Waals surface area contributed by atoms with Crippen LogP contribution in [0.1, 0.15) is 51.7 Å². The van der Waals surface area contributed by atoms with Crippen LogP contribution >= 0.6 is 22.9 Å². The van der Waals surface area contributed by atoms with Gasteiger partial charge in [-0.15, -0.1) is 16.4 Å². The van der Waals surface area contributed by atoms with Crippen molar-refractivity contribution in [2.75, 3.05) is 0 Å². The molecule has 0 saturated heterocycles. The second-order valence-electron chi connectivity index (χ2n) is 9.43. The molecule has 2 aromatic heterocycles. The second-order valence-corrected chi connectivity index (χ2v) is 10.9.